The number of hydrogen-bond acceptors (Lipinski definition) is 2. The second-order valence-electron chi connectivity index (χ2n) is 4.41. The number of hydrogen-bond donors (Lipinski definition) is 1. The summed E-state index contributed by atoms with van der Waals surface area (Å²) in [5.74, 6) is 0.138. The number of carbonyl (C=O) groups is 1. The van der Waals surface area contributed by atoms with Crippen LogP contribution in [0.3, 0.4) is 0 Å². The predicted octanol–water partition coefficient (Wildman–Crippen LogP) is 2.36. The Morgan fingerprint density at radius 3 is 2.88 bits per heavy atom. The molecule has 1 N–H and O–H groups in total. The van der Waals surface area contributed by atoms with Crippen LogP contribution in [0.15, 0.2) is 18.2 Å². The lowest BCUT2D eigenvalue weighted by atomic mass is 10.0. The molecule has 0 radical (unpaired) electrons. The van der Waals surface area contributed by atoms with Crippen molar-refractivity contribution >= 4 is 23.2 Å². The summed E-state index contributed by atoms with van der Waals surface area (Å²) >= 11 is 6.10. The van der Waals surface area contributed by atoms with E-state index < -0.39 is 0 Å². The van der Waals surface area contributed by atoms with E-state index in [0.29, 0.717) is 5.02 Å². The van der Waals surface area contributed by atoms with Crippen molar-refractivity contribution in [3.8, 4) is 0 Å². The second-order valence-corrected chi connectivity index (χ2v) is 4.81. The highest BCUT2D eigenvalue weighted by Crippen LogP contribution is 2.26. The van der Waals surface area contributed by atoms with Gasteiger partial charge in [-0.3, -0.25) is 4.79 Å². The molecule has 3 nitrogen and oxygen atoms in total. The lowest BCUT2D eigenvalue weighted by molar-refractivity contribution is -0.121. The minimum Gasteiger partial charge on any atom is -0.311 e. The molecule has 1 atom stereocenters. The number of carbonyl (C=O) groups excluding carboxylic acids is 1. The Balaban J connectivity index is 2.26. The average Bonchev–Trinajstić information content (AvgIpc) is 2.33. The van der Waals surface area contributed by atoms with Crippen LogP contribution in [0.1, 0.15) is 18.4 Å². The number of amides is 1. The first-order valence-corrected chi connectivity index (χ1v) is 6.26. The molecular weight excluding hydrogens is 236 g/mol. The van der Waals surface area contributed by atoms with Gasteiger partial charge >= 0.3 is 0 Å². The summed E-state index contributed by atoms with van der Waals surface area (Å²) in [6.07, 6.45) is 1.92. The van der Waals surface area contributed by atoms with Gasteiger partial charge in [0, 0.05) is 17.3 Å². The molecular formula is C13H17ClN2O. The highest BCUT2D eigenvalue weighted by atomic mass is 35.5. The van der Waals surface area contributed by atoms with Crippen molar-refractivity contribution < 1.29 is 4.79 Å². The minimum atomic E-state index is -0.0659. The Kier molecular flexibility index (Phi) is 3.69. The van der Waals surface area contributed by atoms with E-state index in [4.69, 9.17) is 11.6 Å². The topological polar surface area (TPSA) is 32.3 Å². The molecule has 1 aromatic carbocycles. The number of nitrogens with one attached hydrogen (secondary N) is 1. The molecule has 0 aromatic heterocycles. The van der Waals surface area contributed by atoms with Crippen LogP contribution in [0.4, 0.5) is 5.69 Å². The van der Waals surface area contributed by atoms with Crippen molar-refractivity contribution in [2.45, 2.75) is 25.8 Å². The van der Waals surface area contributed by atoms with Gasteiger partial charge in [-0.25, -0.2) is 0 Å². The zero-order chi connectivity index (χ0) is 12.4. The van der Waals surface area contributed by atoms with E-state index in [1.807, 2.05) is 37.1 Å². The summed E-state index contributed by atoms with van der Waals surface area (Å²) in [6, 6.07) is 5.71. The SMILES string of the molecule is CNC1CCCN(c2ccc(C)c(Cl)c2)C1=O. The molecule has 1 saturated heterocycles. The molecule has 0 bridgehead atoms. The molecule has 0 saturated carbocycles. The molecule has 1 aliphatic rings. The van der Waals surface area contributed by atoms with E-state index in [1.165, 1.54) is 0 Å². The standard InChI is InChI=1S/C13H17ClN2O/c1-9-5-6-10(8-11(9)14)16-7-3-4-12(15-2)13(16)17/h5-6,8,12,15H,3-4,7H2,1-2H3. The van der Waals surface area contributed by atoms with Crippen molar-refractivity contribution in [2.24, 2.45) is 0 Å². The van der Waals surface area contributed by atoms with Crippen LogP contribution < -0.4 is 10.2 Å². The monoisotopic (exact) mass is 252 g/mol. The molecule has 0 spiro atoms. The van der Waals surface area contributed by atoms with E-state index in [0.717, 1.165) is 30.6 Å². The third-order valence-electron chi connectivity index (χ3n) is 3.25. The Hall–Kier alpha value is -1.06. The summed E-state index contributed by atoms with van der Waals surface area (Å²) < 4.78 is 0. The number of halogens is 1. The first-order valence-electron chi connectivity index (χ1n) is 5.88. The molecule has 92 valence electrons. The van der Waals surface area contributed by atoms with E-state index in [-0.39, 0.29) is 11.9 Å². The highest BCUT2D eigenvalue weighted by Gasteiger charge is 2.28. The average molecular weight is 253 g/mol. The second kappa shape index (κ2) is 5.07. The number of aryl methyl sites for hydroxylation is 1. The molecule has 1 aromatic rings. The van der Waals surface area contributed by atoms with Crippen molar-refractivity contribution in [3.63, 3.8) is 0 Å². The Morgan fingerprint density at radius 2 is 2.24 bits per heavy atom. The van der Waals surface area contributed by atoms with Crippen molar-refractivity contribution in [3.05, 3.63) is 28.8 Å². The van der Waals surface area contributed by atoms with E-state index >= 15 is 0 Å². The quantitative estimate of drug-likeness (QED) is 0.877. The number of nitrogens with zero attached hydrogens (tertiary/aromatic N) is 1. The highest BCUT2D eigenvalue weighted by molar-refractivity contribution is 6.31. The van der Waals surface area contributed by atoms with Crippen LogP contribution in [0.25, 0.3) is 0 Å². The summed E-state index contributed by atoms with van der Waals surface area (Å²) in [6.45, 7) is 2.73. The van der Waals surface area contributed by atoms with Gasteiger partial charge in [0.15, 0.2) is 0 Å². The first kappa shape index (κ1) is 12.4. The Morgan fingerprint density at radius 1 is 1.47 bits per heavy atom. The molecule has 17 heavy (non-hydrogen) atoms. The van der Waals surface area contributed by atoms with E-state index in [2.05, 4.69) is 5.32 Å². The fourth-order valence-electron chi connectivity index (χ4n) is 2.15. The fourth-order valence-corrected chi connectivity index (χ4v) is 2.32. The van der Waals surface area contributed by atoms with Gasteiger partial charge in [0.2, 0.25) is 5.91 Å². The maximum Gasteiger partial charge on any atom is 0.244 e. The lowest BCUT2D eigenvalue weighted by Crippen LogP contribution is -2.49. The largest absolute Gasteiger partial charge is 0.311 e. The molecule has 1 heterocycles. The Bertz CT molecular complexity index is 433. The van der Waals surface area contributed by atoms with Crippen LogP contribution in [-0.4, -0.2) is 25.5 Å². The smallest absolute Gasteiger partial charge is 0.244 e. The van der Waals surface area contributed by atoms with Crippen LogP contribution >= 0.6 is 11.6 Å². The summed E-state index contributed by atoms with van der Waals surface area (Å²) in [5, 5.41) is 3.77. The van der Waals surface area contributed by atoms with Gasteiger partial charge in [-0.15, -0.1) is 0 Å². The third-order valence-corrected chi connectivity index (χ3v) is 3.66. The molecule has 1 aliphatic heterocycles. The summed E-state index contributed by atoms with van der Waals surface area (Å²) in [4.78, 5) is 14.0. The maximum absolute atomic E-state index is 12.2. The number of likely N-dealkylation sites (N-methyl/N-ethyl adjacent to an activating group) is 1. The van der Waals surface area contributed by atoms with Crippen LogP contribution in [0.2, 0.25) is 5.02 Å². The lowest BCUT2D eigenvalue weighted by Gasteiger charge is -2.32. The zero-order valence-corrected chi connectivity index (χ0v) is 10.9. The molecule has 1 unspecified atom stereocenters. The molecule has 1 amide bonds. The van der Waals surface area contributed by atoms with Gasteiger partial charge in [0.25, 0.3) is 0 Å². The molecule has 4 heteroatoms. The van der Waals surface area contributed by atoms with E-state index in [9.17, 15) is 4.79 Å². The molecule has 2 rings (SSSR count). The third kappa shape index (κ3) is 2.45. The van der Waals surface area contributed by atoms with Crippen molar-refractivity contribution in [1.82, 2.24) is 5.32 Å². The normalized spacial score (nSPS) is 20.8. The van der Waals surface area contributed by atoms with Crippen molar-refractivity contribution in [2.75, 3.05) is 18.5 Å². The van der Waals surface area contributed by atoms with Gasteiger partial charge in [0.05, 0.1) is 6.04 Å². The van der Waals surface area contributed by atoms with Gasteiger partial charge < -0.3 is 10.2 Å². The Labute approximate surface area is 107 Å². The molecule has 0 aliphatic carbocycles. The van der Waals surface area contributed by atoms with E-state index in [1.54, 1.807) is 0 Å². The molecule has 1 fully saturated rings. The minimum absolute atomic E-state index is 0.0659. The van der Waals surface area contributed by atoms with Gasteiger partial charge in [-0.2, -0.15) is 0 Å². The summed E-state index contributed by atoms with van der Waals surface area (Å²) in [7, 11) is 1.83. The number of rotatable bonds is 2. The summed E-state index contributed by atoms with van der Waals surface area (Å²) in [5.41, 5.74) is 1.93. The maximum atomic E-state index is 12.2. The number of anilines is 1. The van der Waals surface area contributed by atoms with Crippen molar-refractivity contribution in [1.29, 1.82) is 0 Å². The van der Waals surface area contributed by atoms with Gasteiger partial charge in [0.1, 0.15) is 0 Å². The van der Waals surface area contributed by atoms with Gasteiger partial charge in [-0.1, -0.05) is 17.7 Å². The van der Waals surface area contributed by atoms with Crippen LogP contribution in [0, 0.1) is 6.92 Å². The number of piperidine rings is 1. The van der Waals surface area contributed by atoms with Crippen LogP contribution in [-0.2, 0) is 4.79 Å². The van der Waals surface area contributed by atoms with Crippen LogP contribution in [0.5, 0.6) is 0 Å². The van der Waals surface area contributed by atoms with Gasteiger partial charge in [-0.05, 0) is 44.5 Å². The fraction of sp³-hybridized carbons (Fsp3) is 0.462. The number of benzene rings is 1. The first-order chi connectivity index (χ1) is 8.13. The predicted molar refractivity (Wildman–Crippen MR) is 70.6 cm³/mol. The zero-order valence-electron chi connectivity index (χ0n) is 10.2.